The van der Waals surface area contributed by atoms with Crippen molar-refractivity contribution in [3.8, 4) is 0 Å². The molecule has 1 aliphatic carbocycles. The fraction of sp³-hybridized carbons (Fsp3) is 0.517. The molecule has 1 fully saturated rings. The number of benzene rings is 2. The summed E-state index contributed by atoms with van der Waals surface area (Å²) in [4.78, 5) is 28.2. The van der Waals surface area contributed by atoms with E-state index in [1.54, 1.807) is 0 Å². The maximum absolute atomic E-state index is 13.2. The zero-order valence-corrected chi connectivity index (χ0v) is 20.7. The number of carbonyl (C=O) groups excluding carboxylic acids is 2. The lowest BCUT2D eigenvalue weighted by Crippen LogP contribution is -2.35. The molecule has 0 aliphatic heterocycles. The van der Waals surface area contributed by atoms with Crippen LogP contribution in [-0.2, 0) is 6.54 Å². The molecule has 0 spiro atoms. The highest BCUT2D eigenvalue weighted by Crippen LogP contribution is 2.32. The van der Waals surface area contributed by atoms with Crippen LogP contribution in [0.2, 0.25) is 0 Å². The first-order chi connectivity index (χ1) is 15.9. The van der Waals surface area contributed by atoms with Crippen molar-refractivity contribution in [3.63, 3.8) is 0 Å². The Morgan fingerprint density at radius 1 is 0.939 bits per heavy atom. The average Bonchev–Trinajstić information content (AvgIpc) is 3.15. The normalized spacial score (nSPS) is 16.0. The molecular formula is C29H38N2O2. The number of Topliss-reactive ketones (excluding diaryl/α,β-unsaturated/α-hetero) is 2. The van der Waals surface area contributed by atoms with Crippen molar-refractivity contribution in [2.75, 3.05) is 14.1 Å². The third-order valence-corrected chi connectivity index (χ3v) is 7.60. The second-order valence-corrected chi connectivity index (χ2v) is 9.93. The van der Waals surface area contributed by atoms with Crippen LogP contribution in [0, 0.1) is 5.92 Å². The molecule has 1 saturated carbocycles. The van der Waals surface area contributed by atoms with Gasteiger partial charge in [0.15, 0.2) is 11.6 Å². The monoisotopic (exact) mass is 446 g/mol. The standard InChI is InChI=1S/C29H38N2O2/c1-5-25(30(3)4)29(33)22-14-16-27-24(19-22)23-18-21(13-15-26(23)31(27)6-2)28(32)17-12-20-10-8-7-9-11-20/h13-16,18-20,25H,5-12,17H2,1-4H3. The molecule has 1 aliphatic rings. The lowest BCUT2D eigenvalue weighted by Gasteiger charge is -2.21. The number of aromatic nitrogens is 1. The van der Waals surface area contributed by atoms with Gasteiger partial charge < -0.3 is 4.57 Å². The minimum Gasteiger partial charge on any atom is -0.341 e. The molecule has 0 N–H and O–H groups in total. The molecule has 1 aromatic heterocycles. The minimum atomic E-state index is -0.126. The maximum Gasteiger partial charge on any atom is 0.179 e. The minimum absolute atomic E-state index is 0.126. The molecule has 0 saturated heterocycles. The van der Waals surface area contributed by atoms with Crippen LogP contribution in [0.25, 0.3) is 21.8 Å². The molecule has 2 aromatic carbocycles. The summed E-state index contributed by atoms with van der Waals surface area (Å²) in [6.07, 6.45) is 8.95. The number of nitrogens with zero attached hydrogens (tertiary/aromatic N) is 2. The van der Waals surface area contributed by atoms with Crippen LogP contribution in [0.15, 0.2) is 36.4 Å². The number of carbonyl (C=O) groups is 2. The van der Waals surface area contributed by atoms with Gasteiger partial charge in [0.05, 0.1) is 6.04 Å². The summed E-state index contributed by atoms with van der Waals surface area (Å²) in [5, 5.41) is 2.14. The Labute approximate surface area is 197 Å². The molecule has 1 atom stereocenters. The van der Waals surface area contributed by atoms with Crippen LogP contribution in [0.5, 0.6) is 0 Å². The van der Waals surface area contributed by atoms with E-state index < -0.39 is 0 Å². The average molecular weight is 447 g/mol. The van der Waals surface area contributed by atoms with E-state index in [1.807, 2.05) is 37.2 Å². The van der Waals surface area contributed by atoms with Gasteiger partial charge in [-0.2, -0.15) is 0 Å². The zero-order valence-electron chi connectivity index (χ0n) is 20.7. The molecule has 176 valence electrons. The van der Waals surface area contributed by atoms with Gasteiger partial charge in [-0.05, 0) is 76.2 Å². The van der Waals surface area contributed by atoms with Crippen molar-refractivity contribution >= 4 is 33.4 Å². The Morgan fingerprint density at radius 2 is 1.55 bits per heavy atom. The van der Waals surface area contributed by atoms with E-state index in [0.717, 1.165) is 52.3 Å². The summed E-state index contributed by atoms with van der Waals surface area (Å²) in [5.41, 5.74) is 3.78. The van der Waals surface area contributed by atoms with E-state index in [2.05, 4.69) is 36.6 Å². The molecular weight excluding hydrogens is 408 g/mol. The van der Waals surface area contributed by atoms with Crippen molar-refractivity contribution in [1.82, 2.24) is 9.47 Å². The Bertz CT molecular complexity index is 1150. The van der Waals surface area contributed by atoms with Crippen molar-refractivity contribution in [2.24, 2.45) is 5.92 Å². The summed E-state index contributed by atoms with van der Waals surface area (Å²) in [7, 11) is 3.91. The summed E-state index contributed by atoms with van der Waals surface area (Å²) < 4.78 is 2.28. The lowest BCUT2D eigenvalue weighted by molar-refractivity contribution is 0.0871. The molecule has 1 unspecified atom stereocenters. The highest BCUT2D eigenvalue weighted by Gasteiger charge is 2.22. The van der Waals surface area contributed by atoms with Gasteiger partial charge in [-0.25, -0.2) is 0 Å². The summed E-state index contributed by atoms with van der Waals surface area (Å²) >= 11 is 0. The van der Waals surface area contributed by atoms with Crippen LogP contribution in [0.4, 0.5) is 0 Å². The smallest absolute Gasteiger partial charge is 0.179 e. The van der Waals surface area contributed by atoms with Crippen LogP contribution >= 0.6 is 0 Å². The van der Waals surface area contributed by atoms with Crippen molar-refractivity contribution < 1.29 is 9.59 Å². The largest absolute Gasteiger partial charge is 0.341 e. The van der Waals surface area contributed by atoms with Crippen LogP contribution in [0.1, 0.15) is 85.9 Å². The molecule has 0 radical (unpaired) electrons. The fourth-order valence-corrected chi connectivity index (χ4v) is 5.70. The number of aryl methyl sites for hydroxylation is 1. The van der Waals surface area contributed by atoms with Crippen LogP contribution in [-0.4, -0.2) is 41.2 Å². The van der Waals surface area contributed by atoms with Crippen molar-refractivity contribution in [2.45, 2.75) is 77.8 Å². The molecule has 33 heavy (non-hydrogen) atoms. The molecule has 4 heteroatoms. The van der Waals surface area contributed by atoms with Gasteiger partial charge in [-0.3, -0.25) is 14.5 Å². The predicted octanol–water partition coefficient (Wildman–Crippen LogP) is 6.88. The number of hydrogen-bond donors (Lipinski definition) is 0. The van der Waals surface area contributed by atoms with Gasteiger partial charge in [0.2, 0.25) is 0 Å². The first kappa shape index (κ1) is 23.7. The molecule has 4 nitrogen and oxygen atoms in total. The van der Waals surface area contributed by atoms with Gasteiger partial charge in [0, 0.05) is 45.9 Å². The molecule has 0 amide bonds. The number of fused-ring (bicyclic) bond motifs is 3. The highest BCUT2D eigenvalue weighted by atomic mass is 16.1. The SMILES string of the molecule is CCC(C(=O)c1ccc2c(c1)c1cc(C(=O)CCC3CCCCC3)ccc1n2CC)N(C)C. The van der Waals surface area contributed by atoms with E-state index in [4.69, 9.17) is 0 Å². The van der Waals surface area contributed by atoms with Crippen molar-refractivity contribution in [3.05, 3.63) is 47.5 Å². The quantitative estimate of drug-likeness (QED) is 0.336. The van der Waals surface area contributed by atoms with Gasteiger partial charge in [-0.1, -0.05) is 39.0 Å². The van der Waals surface area contributed by atoms with Gasteiger partial charge in [-0.15, -0.1) is 0 Å². The summed E-state index contributed by atoms with van der Waals surface area (Å²) in [6.45, 7) is 5.03. The Balaban J connectivity index is 1.69. The predicted molar refractivity (Wildman–Crippen MR) is 137 cm³/mol. The van der Waals surface area contributed by atoms with E-state index in [-0.39, 0.29) is 17.6 Å². The van der Waals surface area contributed by atoms with E-state index in [1.165, 1.54) is 32.1 Å². The maximum atomic E-state index is 13.2. The Morgan fingerprint density at radius 3 is 2.12 bits per heavy atom. The lowest BCUT2D eigenvalue weighted by atomic mass is 9.85. The molecule has 0 bridgehead atoms. The highest BCUT2D eigenvalue weighted by molar-refractivity contribution is 6.13. The molecule has 1 heterocycles. The third-order valence-electron chi connectivity index (χ3n) is 7.60. The van der Waals surface area contributed by atoms with E-state index in [0.29, 0.717) is 12.3 Å². The van der Waals surface area contributed by atoms with Crippen LogP contribution in [0.3, 0.4) is 0 Å². The summed E-state index contributed by atoms with van der Waals surface area (Å²) in [5.74, 6) is 1.11. The van der Waals surface area contributed by atoms with Gasteiger partial charge >= 0.3 is 0 Å². The zero-order chi connectivity index (χ0) is 23.5. The van der Waals surface area contributed by atoms with Crippen molar-refractivity contribution in [1.29, 1.82) is 0 Å². The van der Waals surface area contributed by atoms with Crippen LogP contribution < -0.4 is 0 Å². The second kappa shape index (κ2) is 10.2. The number of likely N-dealkylation sites (N-methyl/N-ethyl adjacent to an activating group) is 1. The first-order valence-electron chi connectivity index (χ1n) is 12.7. The van der Waals surface area contributed by atoms with E-state index in [9.17, 15) is 9.59 Å². The molecule has 4 rings (SSSR count). The van der Waals surface area contributed by atoms with Gasteiger partial charge in [0.1, 0.15) is 0 Å². The van der Waals surface area contributed by atoms with E-state index >= 15 is 0 Å². The number of rotatable bonds is 9. The Hall–Kier alpha value is -2.46. The summed E-state index contributed by atoms with van der Waals surface area (Å²) in [6, 6.07) is 12.1. The third kappa shape index (κ3) is 4.77. The second-order valence-electron chi connectivity index (χ2n) is 9.93. The number of ketones is 2. The molecule has 3 aromatic rings. The first-order valence-corrected chi connectivity index (χ1v) is 12.7. The number of hydrogen-bond acceptors (Lipinski definition) is 3. The topological polar surface area (TPSA) is 42.3 Å². The Kier molecular flexibility index (Phi) is 7.33. The fourth-order valence-electron chi connectivity index (χ4n) is 5.70. The van der Waals surface area contributed by atoms with Gasteiger partial charge in [0.25, 0.3) is 0 Å².